The lowest BCUT2D eigenvalue weighted by Crippen LogP contribution is -2.40. The van der Waals surface area contributed by atoms with Gasteiger partial charge in [-0.25, -0.2) is 81.6 Å². The van der Waals surface area contributed by atoms with Crippen LogP contribution in [0.1, 0.15) is 60.1 Å². The average Bonchev–Trinajstić information content (AvgIpc) is 1.59. The van der Waals surface area contributed by atoms with Crippen molar-refractivity contribution in [1.29, 1.82) is 0 Å². The Balaban J connectivity index is 0.587. The Kier molecular flexibility index (Phi) is 29.2. The van der Waals surface area contributed by atoms with Crippen LogP contribution in [-0.2, 0) is 120 Å². The van der Waals surface area contributed by atoms with Crippen molar-refractivity contribution in [3.8, 4) is 11.8 Å². The largest absolute Gasteiger partial charge is 0.472 e. The maximum atomic E-state index is 15.0. The van der Waals surface area contributed by atoms with E-state index in [9.17, 15) is 72.4 Å². The molecule has 6 aliphatic rings. The number of fused-ring (bicyclic) bond motifs is 4. The van der Waals surface area contributed by atoms with Crippen LogP contribution in [0.15, 0.2) is 89.0 Å². The first-order valence-corrected chi connectivity index (χ1v) is 50.4. The highest BCUT2D eigenvalue weighted by Gasteiger charge is 2.59. The topological polar surface area (TPSA) is 871 Å². The predicted molar refractivity (Wildman–Crippen MR) is 476 cm³/mol. The number of phosphoric acid groups is 5. The van der Waals surface area contributed by atoms with Gasteiger partial charge in [-0.3, -0.25) is 82.4 Å². The number of nitrogens with one attached hydrogen (secondary N) is 1. The van der Waals surface area contributed by atoms with Crippen LogP contribution in [0.5, 0.6) is 0 Å². The Bertz CT molecular complexity index is 7240. The number of nitrogen functional groups attached to an aromatic ring is 5. The summed E-state index contributed by atoms with van der Waals surface area (Å²) in [6.45, 7) is 0.352. The fourth-order valence-corrected chi connectivity index (χ4v) is 22.4. The van der Waals surface area contributed by atoms with Crippen molar-refractivity contribution in [2.75, 3.05) is 104 Å². The average molecular weight is 2120 g/mol. The van der Waals surface area contributed by atoms with E-state index in [1.807, 2.05) is 0 Å². The summed E-state index contributed by atoms with van der Waals surface area (Å²) < 4.78 is 206. The minimum Gasteiger partial charge on any atom is -0.394 e. The first kappa shape index (κ1) is 103. The molecule has 6 saturated heterocycles. The van der Waals surface area contributed by atoms with E-state index in [1.54, 1.807) is 39.8 Å². The van der Waals surface area contributed by atoms with Gasteiger partial charge in [-0.15, -0.1) is 0 Å². The van der Waals surface area contributed by atoms with Crippen LogP contribution in [0.3, 0.4) is 0 Å². The van der Waals surface area contributed by atoms with Gasteiger partial charge in [-0.2, -0.15) is 35.1 Å². The molecule has 18 rings (SSSR count). The second-order valence-corrected chi connectivity index (χ2v) is 40.1. The van der Waals surface area contributed by atoms with Gasteiger partial charge in [0.1, 0.15) is 145 Å². The molecular weight excluding hydrogens is 2030 g/mol. The molecule has 0 amide bonds. The number of imidazole rings is 4. The van der Waals surface area contributed by atoms with Crippen LogP contribution in [0, 0.1) is 27.7 Å². The van der Waals surface area contributed by atoms with Crippen LogP contribution in [-0.4, -0.2) is 342 Å². The number of anilines is 5. The van der Waals surface area contributed by atoms with Crippen molar-refractivity contribution >= 4 is 113 Å². The standard InChI is InChI=1S/C73H94N29O37P5/c1-28-14-30(3)101(93-28)62-42-60(90-71(91-62)102-31(4)15-29(2)94-102)99(26-85-42)64-45(105)44(104)33(130-64)17-124-140(109,110)136-47-34(131-65(52(47)120-6)95-12-10-38(74)87-72(95)107)18-126-143(115,116)138-49-36(133-68(54(49)122-8)98-25-84-41-57(77)80-23-82-59(41)98)20-128-142(113,114)137-48-35(132-66(53(48)121-7)96-13-11-39(75)88-73(96)108)19-127-144(117,118)139-50-37(134-69(55(50)123-9)100-27-86-43-61(100)89-70(78)92-63(43)106)21-125-141(111,112)135-46-32(16-103)129-67(51(46)119-5)97-24-83-40-56(76)79-22-81-58(40)97/h10-15,22-27,32-37,44-55,64-69,103-105H,16-21H2,1-9H3,(H,109,110)(H,111,112)(H,113,114)(H,115,116)(H,117,118)(H2,74,87,107)(H2,75,88,108)(H2,76,79,81)(H2,77,80,82)(H3,78,89,92,106)/t32-,33-,34-,35-,36-,37-,44-,45-,46-,47-,48-,49-,50-,51-,52-,53-,54-,55-,64-,65-,66-,67-,68-,69-/m1/s1. The fraction of sp³-hybridized carbons (Fsp3) is 0.534. The van der Waals surface area contributed by atoms with Gasteiger partial charge in [0.2, 0.25) is 5.95 Å². The Morgan fingerprint density at radius 3 is 1.09 bits per heavy atom. The molecule has 0 aliphatic carbocycles. The number of aromatic nitrogens is 24. The Hall–Kier alpha value is -10.8. The first-order chi connectivity index (χ1) is 68.5. The number of ether oxygens (including phenoxy) is 11. The van der Waals surface area contributed by atoms with E-state index in [0.29, 0.717) is 22.8 Å². The second-order valence-electron chi connectivity index (χ2n) is 33.1. The summed E-state index contributed by atoms with van der Waals surface area (Å²) in [4.78, 5) is 157. The molecule has 66 nitrogen and oxygen atoms in total. The number of phosphoric ester groups is 5. The number of aromatic amines is 1. The lowest BCUT2D eigenvalue weighted by Gasteiger charge is -2.28. The minimum atomic E-state index is -5.89. The van der Waals surface area contributed by atoms with Gasteiger partial charge in [-0.1, -0.05) is 0 Å². The number of nitrogens with zero attached hydrogens (tertiary/aromatic N) is 23. The van der Waals surface area contributed by atoms with Crippen molar-refractivity contribution in [3.63, 3.8) is 0 Å². The molecule has 18 heterocycles. The summed E-state index contributed by atoms with van der Waals surface area (Å²) in [6.07, 6.45) is -33.0. The van der Waals surface area contributed by atoms with E-state index in [1.165, 1.54) is 48.9 Å². The number of aryl methyl sites for hydroxylation is 4. The Morgan fingerprint density at radius 2 is 0.715 bits per heavy atom. The molecule has 12 aromatic heterocycles. The number of hydrogen-bond donors (Lipinski definition) is 14. The van der Waals surface area contributed by atoms with Crippen LogP contribution < -0.4 is 45.6 Å². The SMILES string of the molecule is CO[C@@H]1[C@H](OP(=O)(O)OC[C@H]2O[C@@H](n3cnc4c(-n5nc(C)cc5C)nc(-n5nc(C)cc5C)nc43)[C@H](O)[C@@H]2O)[C@@H](COP(=O)(O)O[C@H]2[C@@H](OC)[C@H](n3cnc4c(N)ncnc43)O[C@@H]2COP(=O)(O)O[C@H]2[C@@H](OC)[C@H](n3ccc(N)nc3=O)O[C@@H]2COP(=O)(O)O[C@H]2[C@@H](OC)[C@H](n3cnc4c(=O)[nH]c(N)nc43)O[C@@H]2COP(=O)(O)O[C@H]2[C@@H](OC)[C@H](n3cnc4c(N)ncnc43)O[C@@H]2CO)O[C@H]1n1ccc(N)nc1=O. The summed E-state index contributed by atoms with van der Waals surface area (Å²) in [7, 11) is -23.3. The van der Waals surface area contributed by atoms with Crippen molar-refractivity contribution in [1.82, 2.24) is 117 Å². The minimum absolute atomic E-state index is 0.00992. The lowest BCUT2D eigenvalue weighted by atomic mass is 10.1. The lowest BCUT2D eigenvalue weighted by molar-refractivity contribution is -0.0675. The highest BCUT2D eigenvalue weighted by Crippen LogP contribution is 2.58. The number of nitrogens with two attached hydrogens (primary N) is 5. The van der Waals surface area contributed by atoms with Crippen LogP contribution in [0.4, 0.5) is 29.2 Å². The fourth-order valence-electron chi connectivity index (χ4n) is 17.6. The Morgan fingerprint density at radius 1 is 0.382 bits per heavy atom. The summed E-state index contributed by atoms with van der Waals surface area (Å²) in [5, 5.41) is 43.0. The van der Waals surface area contributed by atoms with Crippen molar-refractivity contribution in [2.45, 2.75) is 175 Å². The van der Waals surface area contributed by atoms with Gasteiger partial charge in [0.15, 0.2) is 88.4 Å². The molecule has 144 heavy (non-hydrogen) atoms. The zero-order valence-corrected chi connectivity index (χ0v) is 80.8. The second kappa shape index (κ2) is 40.8. The quantitative estimate of drug-likeness (QED) is 0.0175. The molecule has 0 saturated carbocycles. The maximum Gasteiger partial charge on any atom is 0.472 e. The zero-order valence-electron chi connectivity index (χ0n) is 76.4. The number of aliphatic hydroxyl groups is 3. The molecule has 19 N–H and O–H groups in total. The molecule has 71 heteroatoms. The molecule has 0 spiro atoms. The number of aliphatic hydroxyl groups excluding tert-OH is 3. The third kappa shape index (κ3) is 20.4. The van der Waals surface area contributed by atoms with E-state index in [2.05, 4.69) is 70.0 Å². The van der Waals surface area contributed by atoms with Crippen molar-refractivity contribution in [2.24, 2.45) is 0 Å². The van der Waals surface area contributed by atoms with Crippen LogP contribution >= 0.6 is 39.1 Å². The van der Waals surface area contributed by atoms with E-state index in [-0.39, 0.29) is 79.7 Å². The summed E-state index contributed by atoms with van der Waals surface area (Å²) in [5.74, 6) is -0.878. The first-order valence-electron chi connectivity index (χ1n) is 42.9. The number of methoxy groups -OCH3 is 5. The maximum absolute atomic E-state index is 15.0. The third-order valence-corrected chi connectivity index (χ3v) is 28.9. The normalized spacial score (nSPS) is 29.9. The van der Waals surface area contributed by atoms with Gasteiger partial charge >= 0.3 is 50.5 Å². The smallest absolute Gasteiger partial charge is 0.394 e. The summed E-state index contributed by atoms with van der Waals surface area (Å²) >= 11 is 0. The molecule has 0 aromatic carbocycles. The highest BCUT2D eigenvalue weighted by atomic mass is 31.2. The number of hydrogen-bond acceptors (Lipinski definition) is 52. The van der Waals surface area contributed by atoms with Gasteiger partial charge in [0.25, 0.3) is 11.5 Å². The third-order valence-electron chi connectivity index (χ3n) is 24.0. The van der Waals surface area contributed by atoms with Gasteiger partial charge in [-0.05, 0) is 52.0 Å². The molecule has 6 aliphatic heterocycles. The van der Waals surface area contributed by atoms with Crippen molar-refractivity contribution < 1.29 is 160 Å². The molecular formula is C73H94N29O37P5. The highest BCUT2D eigenvalue weighted by molar-refractivity contribution is 7.48. The van der Waals surface area contributed by atoms with Crippen LogP contribution in [0.25, 0.3) is 56.4 Å². The van der Waals surface area contributed by atoms with E-state index in [0.717, 1.165) is 85.9 Å². The number of H-pyrrole nitrogens is 1. The molecule has 0 radical (unpaired) electrons. The molecule has 29 atom stereocenters. The Labute approximate surface area is 805 Å². The number of rotatable bonds is 39. The van der Waals surface area contributed by atoms with Crippen molar-refractivity contribution in [3.05, 3.63) is 129 Å². The summed E-state index contributed by atoms with van der Waals surface area (Å²) in [5.41, 5.74) is 29.3. The molecule has 6 fully saturated rings. The predicted octanol–water partition coefficient (Wildman–Crippen LogP) is -2.65. The molecule has 5 unspecified atom stereocenters. The van der Waals surface area contributed by atoms with E-state index < -0.39 is 249 Å². The van der Waals surface area contributed by atoms with E-state index >= 15 is 4.57 Å². The summed E-state index contributed by atoms with van der Waals surface area (Å²) in [6, 6.07) is 5.91. The van der Waals surface area contributed by atoms with Gasteiger partial charge < -0.3 is 121 Å². The van der Waals surface area contributed by atoms with Crippen LogP contribution in [0.2, 0.25) is 0 Å². The molecule has 778 valence electrons. The molecule has 12 aromatic rings. The monoisotopic (exact) mass is 2120 g/mol. The zero-order chi connectivity index (χ0) is 103. The van der Waals surface area contributed by atoms with Gasteiger partial charge in [0, 0.05) is 59.3 Å². The van der Waals surface area contributed by atoms with E-state index in [4.69, 9.17) is 136 Å². The van der Waals surface area contributed by atoms with Gasteiger partial charge in [0.05, 0.1) is 76.3 Å². The molecule has 0 bridgehead atoms.